The second-order valence-electron chi connectivity index (χ2n) is 4.33. The quantitative estimate of drug-likeness (QED) is 0.366. The zero-order valence-corrected chi connectivity index (χ0v) is 12.1. The molecule has 0 heterocycles. The van der Waals surface area contributed by atoms with Gasteiger partial charge in [0.2, 0.25) is 0 Å². The summed E-state index contributed by atoms with van der Waals surface area (Å²) in [6.07, 6.45) is 1.61. The topological polar surface area (TPSA) is 52.6 Å². The van der Waals surface area contributed by atoms with Crippen LogP contribution in [0.3, 0.4) is 0 Å². The van der Waals surface area contributed by atoms with Gasteiger partial charge >= 0.3 is 11.9 Å². The number of methoxy groups -OCH3 is 1. The van der Waals surface area contributed by atoms with Crippen molar-refractivity contribution < 1.29 is 19.1 Å². The van der Waals surface area contributed by atoms with Crippen molar-refractivity contribution in [1.29, 1.82) is 0 Å². The van der Waals surface area contributed by atoms with Crippen LogP contribution in [0.4, 0.5) is 0 Å². The van der Waals surface area contributed by atoms with Gasteiger partial charge < -0.3 is 9.47 Å². The van der Waals surface area contributed by atoms with Crippen molar-refractivity contribution in [3.63, 3.8) is 0 Å². The van der Waals surface area contributed by atoms with Crippen molar-refractivity contribution in [2.75, 3.05) is 7.11 Å². The van der Waals surface area contributed by atoms with Crippen molar-refractivity contribution >= 4 is 11.9 Å². The highest BCUT2D eigenvalue weighted by molar-refractivity contribution is 5.92. The first kappa shape index (κ1) is 15.7. The molecule has 0 aromatic heterocycles. The Morgan fingerprint density at radius 3 is 2.15 bits per heavy atom. The maximum absolute atomic E-state index is 11.9. The van der Waals surface area contributed by atoms with Gasteiger partial charge in [0.05, 0.1) is 7.11 Å². The van der Waals surface area contributed by atoms with Crippen LogP contribution in [0.5, 0.6) is 5.75 Å². The van der Waals surface area contributed by atoms with E-state index in [1.165, 1.54) is 7.11 Å². The lowest BCUT2D eigenvalue weighted by Crippen LogP contribution is -2.10. The SMILES string of the molecule is COC(=O)C(C)=C(C)C=C(C)C(=O)Oc1ccccc1. The first-order valence-electron chi connectivity index (χ1n) is 6.17. The normalized spacial score (nSPS) is 12.5. The summed E-state index contributed by atoms with van der Waals surface area (Å²) in [5, 5.41) is 0. The summed E-state index contributed by atoms with van der Waals surface area (Å²) >= 11 is 0. The second-order valence-corrected chi connectivity index (χ2v) is 4.33. The van der Waals surface area contributed by atoms with Crippen LogP contribution < -0.4 is 4.74 Å². The highest BCUT2D eigenvalue weighted by Crippen LogP contribution is 2.13. The Labute approximate surface area is 118 Å². The number of hydrogen-bond donors (Lipinski definition) is 0. The van der Waals surface area contributed by atoms with Crippen molar-refractivity contribution in [2.45, 2.75) is 20.8 Å². The first-order chi connectivity index (χ1) is 9.45. The minimum absolute atomic E-state index is 0.412. The van der Waals surface area contributed by atoms with E-state index in [1.54, 1.807) is 51.1 Å². The Kier molecular flexibility index (Phi) is 5.72. The molecule has 1 aromatic carbocycles. The number of rotatable bonds is 4. The molecule has 0 saturated heterocycles. The van der Waals surface area contributed by atoms with E-state index in [0.29, 0.717) is 22.5 Å². The summed E-state index contributed by atoms with van der Waals surface area (Å²) in [5.41, 5.74) is 1.54. The molecular weight excluding hydrogens is 256 g/mol. The summed E-state index contributed by atoms with van der Waals surface area (Å²) in [6.45, 7) is 5.03. The third kappa shape index (κ3) is 4.39. The van der Waals surface area contributed by atoms with Crippen LogP contribution in [0.15, 0.2) is 53.1 Å². The van der Waals surface area contributed by atoms with Crippen molar-refractivity contribution in [3.05, 3.63) is 53.1 Å². The molecule has 0 aliphatic heterocycles. The summed E-state index contributed by atoms with van der Waals surface area (Å²) in [6, 6.07) is 8.82. The molecule has 0 radical (unpaired) electrons. The van der Waals surface area contributed by atoms with Crippen LogP contribution >= 0.6 is 0 Å². The molecule has 0 atom stereocenters. The number of hydrogen-bond acceptors (Lipinski definition) is 4. The Morgan fingerprint density at radius 1 is 1.00 bits per heavy atom. The molecule has 0 spiro atoms. The summed E-state index contributed by atoms with van der Waals surface area (Å²) in [4.78, 5) is 23.3. The van der Waals surface area contributed by atoms with Crippen molar-refractivity contribution in [1.82, 2.24) is 0 Å². The van der Waals surface area contributed by atoms with Gasteiger partial charge in [-0.25, -0.2) is 9.59 Å². The van der Waals surface area contributed by atoms with E-state index in [9.17, 15) is 9.59 Å². The lowest BCUT2D eigenvalue weighted by atomic mass is 10.1. The molecular formula is C16H18O4. The number of para-hydroxylation sites is 1. The molecule has 4 heteroatoms. The second kappa shape index (κ2) is 7.28. The average molecular weight is 274 g/mol. The number of allylic oxidation sites excluding steroid dienone is 2. The number of esters is 2. The molecule has 4 nitrogen and oxygen atoms in total. The zero-order chi connectivity index (χ0) is 15.1. The number of benzene rings is 1. The van der Waals surface area contributed by atoms with Gasteiger partial charge in [-0.3, -0.25) is 0 Å². The molecule has 1 aromatic rings. The Hall–Kier alpha value is -2.36. The largest absolute Gasteiger partial charge is 0.466 e. The third-order valence-electron chi connectivity index (χ3n) is 2.79. The Balaban J connectivity index is 2.83. The predicted octanol–water partition coefficient (Wildman–Crippen LogP) is 3.05. The fourth-order valence-corrected chi connectivity index (χ4v) is 1.48. The maximum Gasteiger partial charge on any atom is 0.339 e. The number of ether oxygens (including phenoxy) is 2. The molecule has 0 unspecified atom stereocenters. The monoisotopic (exact) mass is 274 g/mol. The fourth-order valence-electron chi connectivity index (χ4n) is 1.48. The van der Waals surface area contributed by atoms with Crippen molar-refractivity contribution in [2.24, 2.45) is 0 Å². The van der Waals surface area contributed by atoms with Gasteiger partial charge in [0.25, 0.3) is 0 Å². The van der Waals surface area contributed by atoms with E-state index < -0.39 is 11.9 Å². The highest BCUT2D eigenvalue weighted by Gasteiger charge is 2.10. The van der Waals surface area contributed by atoms with Gasteiger partial charge in [-0.05, 0) is 44.6 Å². The Morgan fingerprint density at radius 2 is 1.60 bits per heavy atom. The number of carbonyl (C=O) groups is 2. The maximum atomic E-state index is 11.9. The van der Waals surface area contributed by atoms with Crippen LogP contribution in [0, 0.1) is 0 Å². The molecule has 0 fully saturated rings. The molecule has 0 aliphatic carbocycles. The van der Waals surface area contributed by atoms with Gasteiger partial charge in [0.15, 0.2) is 0 Å². The molecule has 0 amide bonds. The van der Waals surface area contributed by atoms with E-state index in [2.05, 4.69) is 4.74 Å². The summed E-state index contributed by atoms with van der Waals surface area (Å²) < 4.78 is 9.83. The molecule has 1 rings (SSSR count). The summed E-state index contributed by atoms with van der Waals surface area (Å²) in [7, 11) is 1.32. The fraction of sp³-hybridized carbons (Fsp3) is 0.250. The van der Waals surface area contributed by atoms with Gasteiger partial charge in [0, 0.05) is 11.1 Å². The first-order valence-corrected chi connectivity index (χ1v) is 6.17. The van der Waals surface area contributed by atoms with Gasteiger partial charge in [-0.2, -0.15) is 0 Å². The average Bonchev–Trinajstić information content (AvgIpc) is 2.46. The molecule has 0 N–H and O–H groups in total. The Bertz CT molecular complexity index is 553. The van der Waals surface area contributed by atoms with Crippen LogP contribution in [0.1, 0.15) is 20.8 Å². The molecule has 0 aliphatic rings. The predicted molar refractivity (Wildman–Crippen MR) is 76.2 cm³/mol. The molecule has 20 heavy (non-hydrogen) atoms. The number of carbonyl (C=O) groups excluding carboxylic acids is 2. The van der Waals surface area contributed by atoms with E-state index in [1.807, 2.05) is 6.07 Å². The summed E-state index contributed by atoms with van der Waals surface area (Å²) in [5.74, 6) is -0.382. The van der Waals surface area contributed by atoms with E-state index >= 15 is 0 Å². The minimum Gasteiger partial charge on any atom is -0.466 e. The van der Waals surface area contributed by atoms with Gasteiger partial charge in [-0.15, -0.1) is 0 Å². The van der Waals surface area contributed by atoms with Crippen LogP contribution in [-0.4, -0.2) is 19.0 Å². The molecule has 0 saturated carbocycles. The lowest BCUT2D eigenvalue weighted by Gasteiger charge is -2.06. The third-order valence-corrected chi connectivity index (χ3v) is 2.79. The highest BCUT2D eigenvalue weighted by atomic mass is 16.5. The van der Waals surface area contributed by atoms with Gasteiger partial charge in [0.1, 0.15) is 5.75 Å². The van der Waals surface area contributed by atoms with E-state index in [0.717, 1.165) is 0 Å². The zero-order valence-electron chi connectivity index (χ0n) is 12.1. The van der Waals surface area contributed by atoms with Crippen LogP contribution in [0.25, 0.3) is 0 Å². The minimum atomic E-state index is -0.451. The standard InChI is InChI=1S/C16H18O4/c1-11(13(3)16(18)19-4)10-12(2)15(17)20-14-8-6-5-7-9-14/h5-10H,1-4H3. The van der Waals surface area contributed by atoms with E-state index in [-0.39, 0.29) is 0 Å². The van der Waals surface area contributed by atoms with Crippen molar-refractivity contribution in [3.8, 4) is 5.75 Å². The smallest absolute Gasteiger partial charge is 0.339 e. The molecule has 106 valence electrons. The lowest BCUT2D eigenvalue weighted by molar-refractivity contribution is -0.136. The molecule has 0 bridgehead atoms. The van der Waals surface area contributed by atoms with E-state index in [4.69, 9.17) is 4.74 Å². The van der Waals surface area contributed by atoms with Crippen LogP contribution in [0.2, 0.25) is 0 Å². The van der Waals surface area contributed by atoms with Gasteiger partial charge in [-0.1, -0.05) is 18.2 Å². The van der Waals surface area contributed by atoms with Crippen LogP contribution in [-0.2, 0) is 14.3 Å².